The number of phosphoric acid groups is 1. The number of likely N-dealkylation sites (N-methyl/N-ethyl adjacent to an activating group) is 1. The zero-order valence-electron chi connectivity index (χ0n) is 50.7. The van der Waals surface area contributed by atoms with Gasteiger partial charge in [-0.1, -0.05) is 292 Å². The van der Waals surface area contributed by atoms with Crippen LogP contribution in [0.5, 0.6) is 0 Å². The van der Waals surface area contributed by atoms with E-state index in [2.05, 4.69) is 79.9 Å². The smallest absolute Gasteiger partial charge is 0.268 e. The van der Waals surface area contributed by atoms with Crippen LogP contribution in [0.4, 0.5) is 0 Å². The van der Waals surface area contributed by atoms with Crippen LogP contribution in [0.1, 0.15) is 296 Å². The van der Waals surface area contributed by atoms with Crippen LogP contribution in [-0.2, 0) is 18.4 Å². The number of nitrogens with zero attached hydrogens (tertiary/aromatic N) is 1. The number of hydrogen-bond donors (Lipinski definition) is 2. The van der Waals surface area contributed by atoms with E-state index in [9.17, 15) is 19.4 Å². The van der Waals surface area contributed by atoms with Gasteiger partial charge < -0.3 is 28.8 Å². The van der Waals surface area contributed by atoms with Crippen molar-refractivity contribution < 1.29 is 32.9 Å². The van der Waals surface area contributed by atoms with Gasteiger partial charge in [0.1, 0.15) is 13.2 Å². The lowest BCUT2D eigenvalue weighted by Crippen LogP contribution is -2.45. The van der Waals surface area contributed by atoms with Gasteiger partial charge >= 0.3 is 0 Å². The van der Waals surface area contributed by atoms with Gasteiger partial charge in [0.05, 0.1) is 39.9 Å². The third-order valence-electron chi connectivity index (χ3n) is 14.4. The number of quaternary nitrogens is 1. The number of phosphoric ester groups is 1. The van der Waals surface area contributed by atoms with Crippen molar-refractivity contribution in [1.29, 1.82) is 0 Å². The van der Waals surface area contributed by atoms with Crippen LogP contribution in [-0.4, -0.2) is 68.5 Å². The van der Waals surface area contributed by atoms with Gasteiger partial charge in [0.25, 0.3) is 7.82 Å². The summed E-state index contributed by atoms with van der Waals surface area (Å²) in [5, 5.41) is 13.9. The van der Waals surface area contributed by atoms with Crippen molar-refractivity contribution in [1.82, 2.24) is 5.32 Å². The van der Waals surface area contributed by atoms with Crippen LogP contribution in [0.15, 0.2) is 72.9 Å². The molecule has 0 aromatic rings. The van der Waals surface area contributed by atoms with Gasteiger partial charge in [-0.15, -0.1) is 0 Å². The molecule has 0 spiro atoms. The summed E-state index contributed by atoms with van der Waals surface area (Å²) in [5.74, 6) is -0.204. The van der Waals surface area contributed by atoms with Crippen molar-refractivity contribution in [2.45, 2.75) is 309 Å². The van der Waals surface area contributed by atoms with E-state index in [1.807, 2.05) is 27.2 Å². The van der Waals surface area contributed by atoms with Crippen LogP contribution in [0.3, 0.4) is 0 Å². The van der Waals surface area contributed by atoms with Gasteiger partial charge in [-0.05, 0) is 70.6 Å². The van der Waals surface area contributed by atoms with E-state index in [0.29, 0.717) is 17.4 Å². The van der Waals surface area contributed by atoms with E-state index in [0.717, 1.165) is 64.2 Å². The van der Waals surface area contributed by atoms with Gasteiger partial charge in [-0.25, -0.2) is 0 Å². The van der Waals surface area contributed by atoms with E-state index in [-0.39, 0.29) is 12.5 Å². The Labute approximate surface area is 472 Å². The molecule has 0 bridgehead atoms. The molecule has 0 aliphatic heterocycles. The molecule has 444 valence electrons. The topological polar surface area (TPSA) is 108 Å². The first-order valence-electron chi connectivity index (χ1n) is 32.3. The van der Waals surface area contributed by atoms with Crippen molar-refractivity contribution in [2.75, 3.05) is 40.9 Å². The highest BCUT2D eigenvalue weighted by Gasteiger charge is 2.23. The lowest BCUT2D eigenvalue weighted by atomic mass is 10.0. The average Bonchev–Trinajstić information content (AvgIpc) is 3.38. The van der Waals surface area contributed by atoms with Crippen LogP contribution in [0, 0.1) is 0 Å². The monoisotopic (exact) mass is 1080 g/mol. The fraction of sp³-hybridized carbons (Fsp3) is 0.806. The molecule has 0 fully saturated rings. The molecular formula is C67H125N2O6P. The Morgan fingerprint density at radius 3 is 1.22 bits per heavy atom. The molecule has 2 N–H and O–H groups in total. The normalized spacial score (nSPS) is 14.2. The molecule has 1 amide bonds. The molecule has 8 nitrogen and oxygen atoms in total. The maximum atomic E-state index is 13.0. The summed E-state index contributed by atoms with van der Waals surface area (Å²) in [5.41, 5.74) is 0. The molecule has 0 aromatic carbocycles. The SMILES string of the molecule is CC/C=C\C/C=C\C/C=C\C/C=C\CCCCCCCCCCCCCCCCCCCCC(=O)NC(COP(=O)([O-])OCC[N+](C)(C)C)C(O)/C=C/CC/C=C/CCCCCCCCCCCCCCCCCCC. The Hall–Kier alpha value is -2.06. The van der Waals surface area contributed by atoms with E-state index < -0.39 is 26.6 Å². The number of unbranched alkanes of at least 4 members (excludes halogenated alkanes) is 36. The van der Waals surface area contributed by atoms with Gasteiger partial charge in [0.15, 0.2) is 0 Å². The molecule has 0 saturated heterocycles. The van der Waals surface area contributed by atoms with E-state index in [1.54, 1.807) is 6.08 Å². The first-order chi connectivity index (χ1) is 37.0. The summed E-state index contributed by atoms with van der Waals surface area (Å²) in [6, 6.07) is -0.906. The van der Waals surface area contributed by atoms with Crippen LogP contribution in [0.2, 0.25) is 0 Å². The molecule has 9 heteroatoms. The second-order valence-electron chi connectivity index (χ2n) is 23.1. The Balaban J connectivity index is 4.13. The summed E-state index contributed by atoms with van der Waals surface area (Å²) in [4.78, 5) is 25.6. The number of carbonyl (C=O) groups is 1. The second kappa shape index (κ2) is 57.6. The minimum absolute atomic E-state index is 0.00705. The average molecular weight is 1090 g/mol. The molecule has 0 saturated carbocycles. The van der Waals surface area contributed by atoms with Crippen LogP contribution >= 0.6 is 7.82 Å². The zero-order valence-corrected chi connectivity index (χ0v) is 51.6. The van der Waals surface area contributed by atoms with E-state index in [4.69, 9.17) is 9.05 Å². The summed E-state index contributed by atoms with van der Waals surface area (Å²) in [6.07, 6.45) is 80.1. The quantitative estimate of drug-likeness (QED) is 0.0272. The Bertz CT molecular complexity index is 1470. The minimum Gasteiger partial charge on any atom is -0.756 e. The molecule has 76 heavy (non-hydrogen) atoms. The molecular weight excluding hydrogens is 960 g/mol. The molecule has 3 atom stereocenters. The van der Waals surface area contributed by atoms with Crippen LogP contribution < -0.4 is 10.2 Å². The maximum Gasteiger partial charge on any atom is 0.268 e. The molecule has 0 radical (unpaired) electrons. The fourth-order valence-corrected chi connectivity index (χ4v) is 10.1. The Morgan fingerprint density at radius 2 is 0.816 bits per heavy atom. The van der Waals surface area contributed by atoms with Crippen molar-refractivity contribution in [3.63, 3.8) is 0 Å². The number of rotatable bonds is 59. The van der Waals surface area contributed by atoms with Gasteiger partial charge in [-0.2, -0.15) is 0 Å². The third-order valence-corrected chi connectivity index (χ3v) is 15.4. The van der Waals surface area contributed by atoms with Crippen molar-refractivity contribution in [3.8, 4) is 0 Å². The number of allylic oxidation sites excluding steroid dienone is 11. The standard InChI is InChI=1S/C67H125N2O6P/c1-6-8-10-12-14-16-18-20-22-24-26-28-30-31-32-33-34-35-36-37-39-41-43-45-47-49-51-53-55-57-59-61-67(71)68-65(64-75-76(72,73)74-63-62-69(3,4)5)66(70)60-58-56-54-52-50-48-46-44-42-40-38-29-27-25-23-21-19-17-15-13-11-9-7-2/h8,10,14,16,20,22,26,28,50,52,58,60,65-66,70H,6-7,9,11-13,15,17-19,21,23-25,27,29-49,51,53-57,59,61-64H2,1-5H3,(H-,68,71,72,73)/b10-8-,16-14-,22-20-,28-26-,52-50+,60-58+. The highest BCUT2D eigenvalue weighted by atomic mass is 31.2. The number of aliphatic hydroxyl groups is 1. The molecule has 0 rings (SSSR count). The number of amides is 1. The number of nitrogens with one attached hydrogen (secondary N) is 1. The fourth-order valence-electron chi connectivity index (χ4n) is 9.40. The summed E-state index contributed by atoms with van der Waals surface area (Å²) < 4.78 is 23.4. The number of aliphatic hydroxyl groups excluding tert-OH is 1. The molecule has 0 heterocycles. The van der Waals surface area contributed by atoms with Crippen LogP contribution in [0.25, 0.3) is 0 Å². The number of carbonyl (C=O) groups excluding carboxylic acids is 1. The minimum atomic E-state index is -4.61. The summed E-state index contributed by atoms with van der Waals surface area (Å²) >= 11 is 0. The summed E-state index contributed by atoms with van der Waals surface area (Å²) in [6.45, 7) is 4.55. The summed E-state index contributed by atoms with van der Waals surface area (Å²) in [7, 11) is 1.25. The third kappa shape index (κ3) is 59.6. The Kier molecular flexibility index (Phi) is 56.1. The number of hydrogen-bond acceptors (Lipinski definition) is 6. The lowest BCUT2D eigenvalue weighted by Gasteiger charge is -2.29. The maximum absolute atomic E-state index is 13.0. The predicted octanol–water partition coefficient (Wildman–Crippen LogP) is 19.6. The Morgan fingerprint density at radius 1 is 0.474 bits per heavy atom. The predicted molar refractivity (Wildman–Crippen MR) is 330 cm³/mol. The lowest BCUT2D eigenvalue weighted by molar-refractivity contribution is -0.870. The molecule has 0 aromatic heterocycles. The van der Waals surface area contributed by atoms with Crippen molar-refractivity contribution in [2.24, 2.45) is 0 Å². The first kappa shape index (κ1) is 73.9. The van der Waals surface area contributed by atoms with E-state index >= 15 is 0 Å². The van der Waals surface area contributed by atoms with Gasteiger partial charge in [0, 0.05) is 6.42 Å². The molecule has 0 aliphatic carbocycles. The second-order valence-corrected chi connectivity index (χ2v) is 24.5. The highest BCUT2D eigenvalue weighted by Crippen LogP contribution is 2.38. The molecule has 0 aliphatic rings. The zero-order chi connectivity index (χ0) is 55.6. The van der Waals surface area contributed by atoms with E-state index in [1.165, 1.54) is 212 Å². The van der Waals surface area contributed by atoms with Crippen molar-refractivity contribution >= 4 is 13.7 Å². The van der Waals surface area contributed by atoms with Crippen molar-refractivity contribution in [3.05, 3.63) is 72.9 Å². The largest absolute Gasteiger partial charge is 0.756 e. The first-order valence-corrected chi connectivity index (χ1v) is 33.8. The van der Waals surface area contributed by atoms with Gasteiger partial charge in [-0.3, -0.25) is 9.36 Å². The highest BCUT2D eigenvalue weighted by molar-refractivity contribution is 7.45. The molecule has 3 unspecified atom stereocenters. The van der Waals surface area contributed by atoms with Gasteiger partial charge in [0.2, 0.25) is 5.91 Å².